The van der Waals surface area contributed by atoms with E-state index in [1.807, 2.05) is 0 Å². The summed E-state index contributed by atoms with van der Waals surface area (Å²) in [4.78, 5) is 18.1. The second kappa shape index (κ2) is 7.80. The molecule has 0 atom stereocenters. The van der Waals surface area contributed by atoms with Crippen molar-refractivity contribution in [3.8, 4) is 5.75 Å². The second-order valence-electron chi connectivity index (χ2n) is 6.37. The van der Waals surface area contributed by atoms with Crippen LogP contribution in [-0.2, 0) is 27.9 Å². The Balaban J connectivity index is 1.41. The third-order valence-corrected chi connectivity index (χ3v) is 6.55. The molecule has 3 aromatic rings. The van der Waals surface area contributed by atoms with E-state index < -0.39 is 10.0 Å². The summed E-state index contributed by atoms with van der Waals surface area (Å²) in [5, 5.41) is 1.97. The highest BCUT2D eigenvalue weighted by Crippen LogP contribution is 2.27. The smallest absolute Gasteiger partial charge is 0.263 e. The normalized spacial score (nSPS) is 13.2. The first-order valence-corrected chi connectivity index (χ1v) is 11.0. The molecular weight excluding hydrogens is 417 g/mol. The summed E-state index contributed by atoms with van der Waals surface area (Å²) in [5.74, 6) is -0.220. The Morgan fingerprint density at radius 1 is 1.17 bits per heavy atom. The summed E-state index contributed by atoms with van der Waals surface area (Å²) in [7, 11) is -3.75. The van der Waals surface area contributed by atoms with E-state index >= 15 is 0 Å². The van der Waals surface area contributed by atoms with Gasteiger partial charge in [0, 0.05) is 24.7 Å². The van der Waals surface area contributed by atoms with Crippen molar-refractivity contribution in [3.05, 3.63) is 71.0 Å². The maximum absolute atomic E-state index is 12.9. The van der Waals surface area contributed by atoms with Crippen LogP contribution in [0.15, 0.2) is 58.9 Å². The topological polar surface area (TPSA) is 88.6 Å². The van der Waals surface area contributed by atoms with E-state index in [1.54, 1.807) is 22.4 Å². The Hall–Kier alpha value is -2.98. The van der Waals surface area contributed by atoms with E-state index in [9.17, 15) is 17.6 Å². The fourth-order valence-corrected chi connectivity index (χ4v) is 4.77. The van der Waals surface area contributed by atoms with Crippen molar-refractivity contribution in [3.63, 3.8) is 0 Å². The Labute approximate surface area is 170 Å². The average Bonchev–Trinajstić information content (AvgIpc) is 3.35. The molecule has 2 heterocycles. The van der Waals surface area contributed by atoms with Gasteiger partial charge in [-0.15, -0.1) is 11.3 Å². The van der Waals surface area contributed by atoms with E-state index in [-0.39, 0.29) is 23.2 Å². The number of amides is 1. The Kier molecular flexibility index (Phi) is 5.20. The van der Waals surface area contributed by atoms with Gasteiger partial charge >= 0.3 is 0 Å². The van der Waals surface area contributed by atoms with Crippen LogP contribution in [0.5, 0.6) is 5.75 Å². The first-order chi connectivity index (χ1) is 13.9. The first-order valence-electron chi connectivity index (χ1n) is 8.61. The molecule has 29 heavy (non-hydrogen) atoms. The molecule has 0 unspecified atom stereocenters. The molecule has 2 aromatic carbocycles. The lowest BCUT2D eigenvalue weighted by Crippen LogP contribution is -2.30. The number of carbonyl (C=O) groups excluding carboxylic acids is 1. The summed E-state index contributed by atoms with van der Waals surface area (Å²) < 4.78 is 45.8. The zero-order valence-electron chi connectivity index (χ0n) is 15.0. The highest BCUT2D eigenvalue weighted by molar-refractivity contribution is 7.93. The average molecular weight is 433 g/mol. The van der Waals surface area contributed by atoms with Crippen LogP contribution >= 0.6 is 11.3 Å². The molecule has 0 saturated heterocycles. The van der Waals surface area contributed by atoms with Crippen LogP contribution in [0.25, 0.3) is 0 Å². The molecule has 1 amide bonds. The van der Waals surface area contributed by atoms with Gasteiger partial charge < -0.3 is 9.64 Å². The minimum atomic E-state index is -3.75. The number of anilines is 1. The number of sulfonamides is 1. The van der Waals surface area contributed by atoms with Crippen LogP contribution in [0.2, 0.25) is 0 Å². The number of rotatable bonds is 6. The molecule has 1 N–H and O–H groups in total. The van der Waals surface area contributed by atoms with Crippen molar-refractivity contribution in [2.24, 2.45) is 0 Å². The predicted octanol–water partition coefficient (Wildman–Crippen LogP) is 3.00. The molecule has 1 aliphatic heterocycles. The SMILES string of the molecule is O=C(COc1ccc(F)cc1)N1Cc2ccc(S(=O)(=O)Nc3nccs3)cc2C1. The van der Waals surface area contributed by atoms with Crippen molar-refractivity contribution < 1.29 is 22.3 Å². The van der Waals surface area contributed by atoms with Crippen LogP contribution in [0.4, 0.5) is 9.52 Å². The molecule has 0 fully saturated rings. The lowest BCUT2D eigenvalue weighted by molar-refractivity contribution is -0.134. The summed E-state index contributed by atoms with van der Waals surface area (Å²) in [6.45, 7) is 0.485. The van der Waals surface area contributed by atoms with Crippen LogP contribution < -0.4 is 9.46 Å². The van der Waals surface area contributed by atoms with Crippen molar-refractivity contribution in [2.75, 3.05) is 11.3 Å². The summed E-state index contributed by atoms with van der Waals surface area (Å²) in [6.07, 6.45) is 1.52. The highest BCUT2D eigenvalue weighted by Gasteiger charge is 2.26. The number of halogens is 1. The summed E-state index contributed by atoms with van der Waals surface area (Å²) in [6, 6.07) is 10.2. The van der Waals surface area contributed by atoms with Gasteiger partial charge in [-0.05, 0) is 47.5 Å². The number of benzene rings is 2. The number of nitrogens with zero attached hydrogens (tertiary/aromatic N) is 2. The van der Waals surface area contributed by atoms with Crippen molar-refractivity contribution in [2.45, 2.75) is 18.0 Å². The molecule has 0 bridgehead atoms. The van der Waals surface area contributed by atoms with E-state index in [4.69, 9.17) is 4.74 Å². The molecular formula is C19H16FN3O4S2. The molecule has 0 spiro atoms. The minimum absolute atomic E-state index is 0.114. The van der Waals surface area contributed by atoms with E-state index in [0.717, 1.165) is 11.1 Å². The second-order valence-corrected chi connectivity index (χ2v) is 8.94. The van der Waals surface area contributed by atoms with Gasteiger partial charge in [0.25, 0.3) is 15.9 Å². The lowest BCUT2D eigenvalue weighted by Gasteiger charge is -2.15. The van der Waals surface area contributed by atoms with Crippen LogP contribution in [0, 0.1) is 5.82 Å². The standard InChI is InChI=1S/C19H16FN3O4S2/c20-15-2-4-16(5-3-15)27-12-18(24)23-10-13-1-6-17(9-14(13)11-23)29(25,26)22-19-21-7-8-28-19/h1-9H,10-12H2,(H,21,22). The van der Waals surface area contributed by atoms with Gasteiger partial charge in [-0.3, -0.25) is 9.52 Å². The maximum Gasteiger partial charge on any atom is 0.263 e. The van der Waals surface area contributed by atoms with Gasteiger partial charge in [-0.25, -0.2) is 17.8 Å². The zero-order valence-corrected chi connectivity index (χ0v) is 16.7. The van der Waals surface area contributed by atoms with Gasteiger partial charge in [0.05, 0.1) is 4.90 Å². The molecule has 10 heteroatoms. The molecule has 0 saturated carbocycles. The van der Waals surface area contributed by atoms with E-state index in [0.29, 0.717) is 24.0 Å². The number of thiazole rings is 1. The van der Waals surface area contributed by atoms with Crippen molar-refractivity contribution in [1.29, 1.82) is 0 Å². The Morgan fingerprint density at radius 2 is 1.93 bits per heavy atom. The lowest BCUT2D eigenvalue weighted by atomic mass is 10.1. The predicted molar refractivity (Wildman–Crippen MR) is 106 cm³/mol. The quantitative estimate of drug-likeness (QED) is 0.646. The van der Waals surface area contributed by atoms with Gasteiger partial charge in [-0.2, -0.15) is 0 Å². The number of nitrogens with one attached hydrogen (secondary N) is 1. The zero-order chi connectivity index (χ0) is 20.4. The number of carbonyl (C=O) groups is 1. The third-order valence-electron chi connectivity index (χ3n) is 4.39. The van der Waals surface area contributed by atoms with Gasteiger partial charge in [0.1, 0.15) is 11.6 Å². The molecule has 1 aromatic heterocycles. The summed E-state index contributed by atoms with van der Waals surface area (Å²) in [5.41, 5.74) is 1.65. The minimum Gasteiger partial charge on any atom is -0.484 e. The van der Waals surface area contributed by atoms with Crippen LogP contribution in [-0.4, -0.2) is 30.8 Å². The number of hydrogen-bond acceptors (Lipinski definition) is 6. The van der Waals surface area contributed by atoms with Gasteiger partial charge in [-0.1, -0.05) is 6.07 Å². The van der Waals surface area contributed by atoms with Crippen LogP contribution in [0.3, 0.4) is 0 Å². The van der Waals surface area contributed by atoms with E-state index in [1.165, 1.54) is 47.9 Å². The molecule has 0 aliphatic carbocycles. The van der Waals surface area contributed by atoms with Crippen molar-refractivity contribution >= 4 is 32.4 Å². The molecule has 7 nitrogen and oxygen atoms in total. The van der Waals surface area contributed by atoms with E-state index in [2.05, 4.69) is 9.71 Å². The molecule has 1 aliphatic rings. The first kappa shape index (κ1) is 19.3. The van der Waals surface area contributed by atoms with Gasteiger partial charge in [0.15, 0.2) is 11.7 Å². The largest absolute Gasteiger partial charge is 0.484 e. The fourth-order valence-electron chi connectivity index (χ4n) is 2.93. The number of aromatic nitrogens is 1. The fraction of sp³-hybridized carbons (Fsp3) is 0.158. The Bertz CT molecular complexity index is 1130. The monoisotopic (exact) mass is 433 g/mol. The molecule has 4 rings (SSSR count). The number of ether oxygens (including phenoxy) is 1. The number of fused-ring (bicyclic) bond motifs is 1. The molecule has 0 radical (unpaired) electrons. The van der Waals surface area contributed by atoms with Gasteiger partial charge in [0.2, 0.25) is 0 Å². The maximum atomic E-state index is 12.9. The summed E-state index contributed by atoms with van der Waals surface area (Å²) >= 11 is 1.19. The highest BCUT2D eigenvalue weighted by atomic mass is 32.2. The van der Waals surface area contributed by atoms with Crippen molar-refractivity contribution in [1.82, 2.24) is 9.88 Å². The van der Waals surface area contributed by atoms with Crippen LogP contribution in [0.1, 0.15) is 11.1 Å². The third kappa shape index (κ3) is 4.38. The Morgan fingerprint density at radius 3 is 2.66 bits per heavy atom. The number of hydrogen-bond donors (Lipinski definition) is 1. The molecule has 150 valence electrons.